The number of hydrogen-bond acceptors (Lipinski definition) is 4. The van der Waals surface area contributed by atoms with Crippen molar-refractivity contribution < 1.29 is 14.3 Å². The molecule has 0 bridgehead atoms. The molecule has 6 nitrogen and oxygen atoms in total. The molecule has 0 radical (unpaired) electrons. The zero-order valence-corrected chi connectivity index (χ0v) is 17.9. The van der Waals surface area contributed by atoms with Gasteiger partial charge < -0.3 is 14.4 Å². The lowest BCUT2D eigenvalue weighted by molar-refractivity contribution is 0.0784. The molecule has 7 heteroatoms. The minimum absolute atomic E-state index is 0.167. The summed E-state index contributed by atoms with van der Waals surface area (Å²) in [6.45, 7) is 4.39. The lowest BCUT2D eigenvalue weighted by atomic mass is 10.1. The second kappa shape index (κ2) is 8.57. The van der Waals surface area contributed by atoms with Crippen molar-refractivity contribution in [3.8, 4) is 17.2 Å². The Morgan fingerprint density at radius 3 is 2.45 bits per heavy atom. The molecular formula is C22H24ClN3O3. The third kappa shape index (κ3) is 4.07. The summed E-state index contributed by atoms with van der Waals surface area (Å²) in [5.74, 6) is 0.657. The van der Waals surface area contributed by atoms with Crippen LogP contribution in [-0.4, -0.2) is 41.9 Å². The van der Waals surface area contributed by atoms with Crippen LogP contribution in [0.4, 0.5) is 0 Å². The van der Waals surface area contributed by atoms with Crippen LogP contribution >= 0.6 is 11.6 Å². The number of carbonyl (C=O) groups is 1. The quantitative estimate of drug-likeness (QED) is 0.599. The molecule has 0 aliphatic heterocycles. The zero-order chi connectivity index (χ0) is 21.1. The fourth-order valence-electron chi connectivity index (χ4n) is 3.30. The highest BCUT2D eigenvalue weighted by atomic mass is 35.5. The third-order valence-corrected chi connectivity index (χ3v) is 5.15. The highest BCUT2D eigenvalue weighted by Gasteiger charge is 2.21. The Morgan fingerprint density at radius 1 is 1.14 bits per heavy atom. The van der Waals surface area contributed by atoms with Crippen molar-refractivity contribution >= 4 is 17.5 Å². The van der Waals surface area contributed by atoms with E-state index >= 15 is 0 Å². The van der Waals surface area contributed by atoms with E-state index in [0.29, 0.717) is 28.6 Å². The van der Waals surface area contributed by atoms with Gasteiger partial charge in [-0.05, 0) is 38.1 Å². The molecule has 0 unspecified atom stereocenters. The Bertz CT molecular complexity index is 1030. The smallest absolute Gasteiger partial charge is 0.254 e. The fraction of sp³-hybridized carbons (Fsp3) is 0.273. The molecule has 0 N–H and O–H groups in total. The molecule has 0 saturated heterocycles. The van der Waals surface area contributed by atoms with Gasteiger partial charge in [-0.25, -0.2) is 4.68 Å². The Hall–Kier alpha value is -2.99. The number of methoxy groups -OCH3 is 2. The van der Waals surface area contributed by atoms with Crippen molar-refractivity contribution in [3.63, 3.8) is 0 Å². The molecule has 0 saturated carbocycles. The van der Waals surface area contributed by atoms with Gasteiger partial charge in [-0.3, -0.25) is 4.79 Å². The second-order valence-corrected chi connectivity index (χ2v) is 7.16. The van der Waals surface area contributed by atoms with Crippen LogP contribution in [-0.2, 0) is 6.54 Å². The van der Waals surface area contributed by atoms with E-state index in [1.54, 1.807) is 24.1 Å². The number of aryl methyl sites for hydroxylation is 1. The monoisotopic (exact) mass is 413 g/mol. The van der Waals surface area contributed by atoms with Gasteiger partial charge in [0.25, 0.3) is 5.91 Å². The number of para-hydroxylation sites is 1. The number of aromatic nitrogens is 2. The van der Waals surface area contributed by atoms with E-state index in [2.05, 4.69) is 5.10 Å². The number of halogens is 1. The van der Waals surface area contributed by atoms with Gasteiger partial charge in [0.05, 0.1) is 30.6 Å². The summed E-state index contributed by atoms with van der Waals surface area (Å²) in [4.78, 5) is 14.7. The average Bonchev–Trinajstić information content (AvgIpc) is 3.01. The number of rotatable bonds is 6. The van der Waals surface area contributed by atoms with Crippen LogP contribution in [0.25, 0.3) is 5.69 Å². The van der Waals surface area contributed by atoms with E-state index in [1.807, 2.05) is 48.9 Å². The van der Waals surface area contributed by atoms with Gasteiger partial charge in [-0.1, -0.05) is 29.8 Å². The number of amides is 1. The summed E-state index contributed by atoms with van der Waals surface area (Å²) in [5, 5.41) is 4.98. The number of nitrogens with zero attached hydrogens (tertiary/aromatic N) is 3. The van der Waals surface area contributed by atoms with Gasteiger partial charge in [0, 0.05) is 30.4 Å². The third-order valence-electron chi connectivity index (χ3n) is 4.86. The first-order valence-corrected chi connectivity index (χ1v) is 9.52. The molecule has 0 aliphatic rings. The molecule has 0 spiro atoms. The van der Waals surface area contributed by atoms with Gasteiger partial charge >= 0.3 is 0 Å². The van der Waals surface area contributed by atoms with Crippen LogP contribution < -0.4 is 9.47 Å². The predicted molar refractivity (Wildman–Crippen MR) is 113 cm³/mol. The summed E-state index contributed by atoms with van der Waals surface area (Å²) < 4.78 is 12.4. The maximum atomic E-state index is 13.0. The fourth-order valence-corrected chi connectivity index (χ4v) is 3.58. The molecule has 0 fully saturated rings. The van der Waals surface area contributed by atoms with E-state index in [9.17, 15) is 4.79 Å². The van der Waals surface area contributed by atoms with Gasteiger partial charge in [-0.2, -0.15) is 5.10 Å². The molecule has 29 heavy (non-hydrogen) atoms. The number of hydrogen-bond donors (Lipinski definition) is 0. The van der Waals surface area contributed by atoms with Crippen molar-refractivity contribution in [2.75, 3.05) is 21.3 Å². The first kappa shape index (κ1) is 20.7. The van der Waals surface area contributed by atoms with Gasteiger partial charge in [0.2, 0.25) is 0 Å². The summed E-state index contributed by atoms with van der Waals surface area (Å²) >= 11 is 6.25. The van der Waals surface area contributed by atoms with Crippen LogP contribution in [0.2, 0.25) is 5.02 Å². The van der Waals surface area contributed by atoms with Crippen LogP contribution in [0, 0.1) is 13.8 Å². The SMILES string of the molecule is COc1cc(C(=O)N(C)Cc2c(C)nn(-c3ccccc3)c2C)cc(Cl)c1OC. The van der Waals surface area contributed by atoms with Gasteiger partial charge in [-0.15, -0.1) is 0 Å². The van der Waals surface area contributed by atoms with Gasteiger partial charge in [0.1, 0.15) is 0 Å². The Kier molecular flexibility index (Phi) is 6.13. The van der Waals surface area contributed by atoms with Crippen molar-refractivity contribution in [3.05, 3.63) is 70.0 Å². The minimum Gasteiger partial charge on any atom is -0.493 e. The largest absolute Gasteiger partial charge is 0.493 e. The maximum Gasteiger partial charge on any atom is 0.254 e. The molecule has 2 aromatic carbocycles. The average molecular weight is 414 g/mol. The van der Waals surface area contributed by atoms with Crippen molar-refractivity contribution in [1.82, 2.24) is 14.7 Å². The molecule has 1 aromatic heterocycles. The van der Waals surface area contributed by atoms with E-state index < -0.39 is 0 Å². The number of carbonyl (C=O) groups excluding carboxylic acids is 1. The Balaban J connectivity index is 1.88. The first-order valence-electron chi connectivity index (χ1n) is 9.14. The van der Waals surface area contributed by atoms with Gasteiger partial charge in [0.15, 0.2) is 11.5 Å². The molecule has 0 aliphatic carbocycles. The lowest BCUT2D eigenvalue weighted by Gasteiger charge is -2.19. The molecule has 0 atom stereocenters. The van der Waals surface area contributed by atoms with E-state index in [1.165, 1.54) is 14.2 Å². The van der Waals surface area contributed by atoms with E-state index in [4.69, 9.17) is 21.1 Å². The van der Waals surface area contributed by atoms with E-state index in [0.717, 1.165) is 22.6 Å². The molecular weight excluding hydrogens is 390 g/mol. The highest BCUT2D eigenvalue weighted by Crippen LogP contribution is 2.36. The summed E-state index contributed by atoms with van der Waals surface area (Å²) in [7, 11) is 4.77. The topological polar surface area (TPSA) is 56.6 Å². The molecule has 152 valence electrons. The van der Waals surface area contributed by atoms with Crippen LogP contribution in [0.3, 0.4) is 0 Å². The lowest BCUT2D eigenvalue weighted by Crippen LogP contribution is -2.26. The summed E-state index contributed by atoms with van der Waals surface area (Å²) in [6.07, 6.45) is 0. The standard InChI is InChI=1S/C22H24ClN3O3/c1-14-18(15(2)26(24-14)17-9-7-6-8-10-17)13-25(3)22(27)16-11-19(23)21(29-5)20(12-16)28-4/h6-12H,13H2,1-5H3. The molecule has 1 heterocycles. The van der Waals surface area contributed by atoms with Crippen molar-refractivity contribution in [2.45, 2.75) is 20.4 Å². The Labute approximate surface area is 175 Å². The molecule has 1 amide bonds. The predicted octanol–water partition coefficient (Wildman–Crippen LogP) is 4.43. The summed E-state index contributed by atoms with van der Waals surface area (Å²) in [5.41, 5.74) is 4.31. The molecule has 3 rings (SSSR count). The zero-order valence-electron chi connectivity index (χ0n) is 17.2. The van der Waals surface area contributed by atoms with Crippen LogP contribution in [0.1, 0.15) is 27.3 Å². The van der Waals surface area contributed by atoms with E-state index in [-0.39, 0.29) is 5.91 Å². The summed E-state index contributed by atoms with van der Waals surface area (Å²) in [6, 6.07) is 13.2. The van der Waals surface area contributed by atoms with Crippen molar-refractivity contribution in [1.29, 1.82) is 0 Å². The maximum absolute atomic E-state index is 13.0. The molecule has 3 aromatic rings. The number of ether oxygens (including phenoxy) is 2. The van der Waals surface area contributed by atoms with Crippen LogP contribution in [0.5, 0.6) is 11.5 Å². The number of benzene rings is 2. The highest BCUT2D eigenvalue weighted by molar-refractivity contribution is 6.32. The van der Waals surface area contributed by atoms with Crippen LogP contribution in [0.15, 0.2) is 42.5 Å². The second-order valence-electron chi connectivity index (χ2n) is 6.75. The minimum atomic E-state index is -0.167. The first-order chi connectivity index (χ1) is 13.9. The normalized spacial score (nSPS) is 10.7. The van der Waals surface area contributed by atoms with Crippen molar-refractivity contribution in [2.24, 2.45) is 0 Å². The Morgan fingerprint density at radius 2 is 1.83 bits per heavy atom.